The predicted octanol–water partition coefficient (Wildman–Crippen LogP) is 4.97. The quantitative estimate of drug-likeness (QED) is 0.400. The number of carbonyl (C=O) groups excluding carboxylic acids is 1. The van der Waals surface area contributed by atoms with E-state index in [1.807, 2.05) is 43.5 Å². The lowest BCUT2D eigenvalue weighted by atomic mass is 10.2. The highest BCUT2D eigenvalue weighted by molar-refractivity contribution is 7.80. The summed E-state index contributed by atoms with van der Waals surface area (Å²) in [5.74, 6) is 0.370. The molecule has 0 spiro atoms. The number of benzene rings is 2. The van der Waals surface area contributed by atoms with Crippen LogP contribution in [0.4, 0.5) is 5.69 Å². The molecule has 4 rings (SSSR count). The molecule has 0 radical (unpaired) electrons. The van der Waals surface area contributed by atoms with Crippen LogP contribution in [-0.4, -0.2) is 32.6 Å². The first kappa shape index (κ1) is 21.2. The maximum atomic E-state index is 12.2. The summed E-state index contributed by atoms with van der Waals surface area (Å²) in [6.45, 7) is 4.37. The Morgan fingerprint density at radius 1 is 1.23 bits per heavy atom. The highest BCUT2D eigenvalue weighted by Gasteiger charge is 2.13. The molecule has 0 aliphatic heterocycles. The van der Waals surface area contributed by atoms with Crippen molar-refractivity contribution in [2.75, 3.05) is 11.9 Å². The third kappa shape index (κ3) is 4.68. The van der Waals surface area contributed by atoms with Gasteiger partial charge in [-0.2, -0.15) is 4.80 Å². The standard InChI is InChI=1S/C21H18ClN5O2S2/c1-3-29-18-7-6-13(10-14(18)22)27-25-16-9-12(2)15(11-17(16)26-27)23-21(30)24-20(28)19-5-4-8-31-19/h4-11H,3H2,1-2H3,(H2,23,24,28,30). The average Bonchev–Trinajstić information content (AvgIpc) is 3.40. The number of fused-ring (bicyclic) bond motifs is 1. The molecule has 31 heavy (non-hydrogen) atoms. The van der Waals surface area contributed by atoms with Crippen molar-refractivity contribution in [3.05, 3.63) is 63.3 Å². The normalized spacial score (nSPS) is 10.8. The summed E-state index contributed by atoms with van der Waals surface area (Å²) in [5, 5.41) is 17.4. The number of halogens is 1. The minimum absolute atomic E-state index is 0.214. The Balaban J connectivity index is 1.55. The molecular weight excluding hydrogens is 454 g/mol. The van der Waals surface area contributed by atoms with Gasteiger partial charge in [-0.25, -0.2) is 0 Å². The molecule has 2 aromatic heterocycles. The van der Waals surface area contributed by atoms with E-state index in [-0.39, 0.29) is 11.0 Å². The molecule has 0 unspecified atom stereocenters. The van der Waals surface area contributed by atoms with Gasteiger partial charge in [0.1, 0.15) is 16.8 Å². The highest BCUT2D eigenvalue weighted by atomic mass is 35.5. The number of carbonyl (C=O) groups is 1. The molecule has 0 saturated heterocycles. The van der Waals surface area contributed by atoms with Gasteiger partial charge in [-0.3, -0.25) is 10.1 Å². The van der Waals surface area contributed by atoms with Crippen molar-refractivity contribution in [2.45, 2.75) is 13.8 Å². The maximum Gasteiger partial charge on any atom is 0.267 e. The summed E-state index contributed by atoms with van der Waals surface area (Å²) in [7, 11) is 0. The van der Waals surface area contributed by atoms with Crippen LogP contribution in [0, 0.1) is 6.92 Å². The average molecular weight is 472 g/mol. The molecule has 2 aromatic carbocycles. The van der Waals surface area contributed by atoms with Gasteiger partial charge in [-0.15, -0.1) is 21.5 Å². The van der Waals surface area contributed by atoms with Gasteiger partial charge in [0.05, 0.1) is 22.2 Å². The SMILES string of the molecule is CCOc1ccc(-n2nc3cc(C)c(NC(=S)NC(=O)c4cccs4)cc3n2)cc1Cl. The summed E-state index contributed by atoms with van der Waals surface area (Å²) in [6.07, 6.45) is 0. The fourth-order valence-electron chi connectivity index (χ4n) is 2.93. The van der Waals surface area contributed by atoms with Crippen LogP contribution < -0.4 is 15.4 Å². The summed E-state index contributed by atoms with van der Waals surface area (Å²) >= 11 is 12.9. The van der Waals surface area contributed by atoms with E-state index in [1.165, 1.54) is 16.1 Å². The van der Waals surface area contributed by atoms with Gasteiger partial charge < -0.3 is 10.1 Å². The summed E-state index contributed by atoms with van der Waals surface area (Å²) < 4.78 is 5.47. The number of thiocarbonyl (C=S) groups is 1. The Kier molecular flexibility index (Phi) is 6.17. The molecule has 158 valence electrons. The van der Waals surface area contributed by atoms with E-state index in [1.54, 1.807) is 18.2 Å². The molecule has 0 atom stereocenters. The van der Waals surface area contributed by atoms with Crippen LogP contribution in [0.1, 0.15) is 22.2 Å². The van der Waals surface area contributed by atoms with Crippen LogP contribution >= 0.6 is 35.2 Å². The van der Waals surface area contributed by atoms with Gasteiger partial charge >= 0.3 is 0 Å². The van der Waals surface area contributed by atoms with Crippen LogP contribution in [0.3, 0.4) is 0 Å². The molecule has 2 heterocycles. The van der Waals surface area contributed by atoms with E-state index >= 15 is 0 Å². The van der Waals surface area contributed by atoms with Crippen molar-refractivity contribution in [3.8, 4) is 11.4 Å². The van der Waals surface area contributed by atoms with E-state index in [2.05, 4.69) is 20.8 Å². The number of thiophene rings is 1. The Bertz CT molecular complexity index is 1270. The van der Waals surface area contributed by atoms with Crippen LogP contribution in [0.2, 0.25) is 5.02 Å². The van der Waals surface area contributed by atoms with Crippen molar-refractivity contribution in [1.82, 2.24) is 20.3 Å². The molecule has 10 heteroatoms. The van der Waals surface area contributed by atoms with E-state index in [9.17, 15) is 4.79 Å². The number of hydrogen-bond acceptors (Lipinski definition) is 6. The number of aryl methyl sites for hydroxylation is 1. The maximum absolute atomic E-state index is 12.2. The van der Waals surface area contributed by atoms with Crippen molar-refractivity contribution < 1.29 is 9.53 Å². The van der Waals surface area contributed by atoms with Gasteiger partial charge in [0.15, 0.2) is 5.11 Å². The number of rotatable bonds is 5. The lowest BCUT2D eigenvalue weighted by Gasteiger charge is -2.11. The zero-order valence-electron chi connectivity index (χ0n) is 16.7. The molecule has 0 bridgehead atoms. The molecule has 7 nitrogen and oxygen atoms in total. The first-order chi connectivity index (χ1) is 14.9. The summed E-state index contributed by atoms with van der Waals surface area (Å²) in [6, 6.07) is 12.7. The highest BCUT2D eigenvalue weighted by Crippen LogP contribution is 2.28. The number of amides is 1. The van der Waals surface area contributed by atoms with Crippen molar-refractivity contribution in [2.24, 2.45) is 0 Å². The van der Waals surface area contributed by atoms with Gasteiger partial charge in [0, 0.05) is 5.69 Å². The Labute approximate surface area is 193 Å². The minimum atomic E-state index is -0.246. The summed E-state index contributed by atoms with van der Waals surface area (Å²) in [5.41, 5.74) is 3.76. The zero-order chi connectivity index (χ0) is 22.0. The Morgan fingerprint density at radius 3 is 2.68 bits per heavy atom. The predicted molar refractivity (Wildman–Crippen MR) is 128 cm³/mol. The third-order valence-electron chi connectivity index (χ3n) is 4.39. The number of ether oxygens (including phenoxy) is 1. The number of anilines is 1. The molecule has 0 fully saturated rings. The van der Waals surface area contributed by atoms with Crippen molar-refractivity contribution in [1.29, 1.82) is 0 Å². The molecule has 0 saturated carbocycles. The largest absolute Gasteiger partial charge is 0.492 e. The molecule has 0 aliphatic rings. The second-order valence-corrected chi connectivity index (χ2v) is 8.34. The van der Waals surface area contributed by atoms with Gasteiger partial charge in [-0.1, -0.05) is 17.7 Å². The zero-order valence-corrected chi connectivity index (χ0v) is 19.1. The molecule has 4 aromatic rings. The molecule has 2 N–H and O–H groups in total. The molecule has 1 amide bonds. The lowest BCUT2D eigenvalue weighted by Crippen LogP contribution is -2.33. The summed E-state index contributed by atoms with van der Waals surface area (Å²) in [4.78, 5) is 14.3. The first-order valence-corrected chi connectivity index (χ1v) is 11.1. The van der Waals surface area contributed by atoms with Crippen molar-refractivity contribution in [3.63, 3.8) is 0 Å². The Hall–Kier alpha value is -3.01. The number of hydrogen-bond donors (Lipinski definition) is 2. The van der Waals surface area contributed by atoms with Gasteiger partial charge in [0.25, 0.3) is 5.91 Å². The second-order valence-electron chi connectivity index (χ2n) is 6.58. The number of nitrogens with one attached hydrogen (secondary N) is 2. The van der Waals surface area contributed by atoms with Crippen molar-refractivity contribution >= 4 is 62.9 Å². The van der Waals surface area contributed by atoms with Crippen LogP contribution in [0.5, 0.6) is 5.75 Å². The smallest absolute Gasteiger partial charge is 0.267 e. The van der Waals surface area contributed by atoms with Crippen LogP contribution in [0.25, 0.3) is 16.7 Å². The van der Waals surface area contributed by atoms with Crippen LogP contribution in [-0.2, 0) is 0 Å². The van der Waals surface area contributed by atoms with E-state index in [0.717, 1.165) is 22.5 Å². The minimum Gasteiger partial charge on any atom is -0.492 e. The van der Waals surface area contributed by atoms with Gasteiger partial charge in [0.2, 0.25) is 0 Å². The third-order valence-corrected chi connectivity index (χ3v) is 5.76. The number of nitrogens with zero attached hydrogens (tertiary/aromatic N) is 3. The van der Waals surface area contributed by atoms with E-state index in [0.29, 0.717) is 27.8 Å². The lowest BCUT2D eigenvalue weighted by molar-refractivity contribution is 0.0981. The first-order valence-electron chi connectivity index (χ1n) is 9.41. The van der Waals surface area contributed by atoms with E-state index in [4.69, 9.17) is 28.6 Å². The van der Waals surface area contributed by atoms with Crippen LogP contribution in [0.15, 0.2) is 47.8 Å². The van der Waals surface area contributed by atoms with E-state index < -0.39 is 0 Å². The fraction of sp³-hybridized carbons (Fsp3) is 0.143. The molecular formula is C21H18ClN5O2S2. The molecule has 0 aliphatic carbocycles. The Morgan fingerprint density at radius 2 is 2.00 bits per heavy atom. The topological polar surface area (TPSA) is 81.1 Å². The number of aromatic nitrogens is 3. The second kappa shape index (κ2) is 9.01. The van der Waals surface area contributed by atoms with Gasteiger partial charge in [-0.05, 0) is 73.4 Å². The fourth-order valence-corrected chi connectivity index (χ4v) is 3.98. The monoisotopic (exact) mass is 471 g/mol.